The van der Waals surface area contributed by atoms with Gasteiger partial charge in [-0.1, -0.05) is 24.6 Å². The Hall–Kier alpha value is -0.470. The van der Waals surface area contributed by atoms with Crippen molar-refractivity contribution in [1.82, 2.24) is 0 Å². The van der Waals surface area contributed by atoms with Crippen LogP contribution in [0.5, 0.6) is 0 Å². The first-order chi connectivity index (χ1) is 7.09. The van der Waals surface area contributed by atoms with Gasteiger partial charge in [0.2, 0.25) is 0 Å². The second-order valence-corrected chi connectivity index (χ2v) is 5.70. The van der Waals surface area contributed by atoms with E-state index in [0.717, 1.165) is 5.75 Å². The number of rotatable bonds is 0. The molecule has 1 aromatic carbocycles. The zero-order chi connectivity index (χ0) is 11.0. The zero-order valence-electron chi connectivity index (χ0n) is 9.71. The van der Waals surface area contributed by atoms with E-state index in [1.54, 1.807) is 0 Å². The van der Waals surface area contributed by atoms with Crippen LogP contribution in [-0.4, -0.2) is 5.75 Å². The number of fused-ring (bicyclic) bond motifs is 1. The van der Waals surface area contributed by atoms with E-state index in [9.17, 15) is 0 Å². The lowest BCUT2D eigenvalue weighted by Crippen LogP contribution is -2.21. The second-order valence-electron chi connectivity index (χ2n) is 4.67. The maximum atomic E-state index is 6.33. The summed E-state index contributed by atoms with van der Waals surface area (Å²) in [5, 5.41) is 0. The van der Waals surface area contributed by atoms with Gasteiger partial charge in [-0.2, -0.15) is 11.8 Å². The molecule has 2 N–H and O–H groups in total. The molecule has 15 heavy (non-hydrogen) atoms. The third-order valence-corrected chi connectivity index (χ3v) is 4.48. The first-order valence-corrected chi connectivity index (χ1v) is 6.68. The van der Waals surface area contributed by atoms with Crippen molar-refractivity contribution in [3.05, 3.63) is 34.4 Å². The lowest BCUT2D eigenvalue weighted by Gasteiger charge is -2.21. The highest BCUT2D eigenvalue weighted by Crippen LogP contribution is 2.35. The Morgan fingerprint density at radius 3 is 2.80 bits per heavy atom. The van der Waals surface area contributed by atoms with Crippen molar-refractivity contribution < 1.29 is 0 Å². The van der Waals surface area contributed by atoms with Crippen LogP contribution in [0.2, 0.25) is 0 Å². The van der Waals surface area contributed by atoms with Gasteiger partial charge in [-0.25, -0.2) is 0 Å². The van der Waals surface area contributed by atoms with E-state index in [4.69, 9.17) is 5.73 Å². The van der Waals surface area contributed by atoms with Crippen LogP contribution in [0.4, 0.5) is 0 Å². The second kappa shape index (κ2) is 4.18. The highest BCUT2D eigenvalue weighted by molar-refractivity contribution is 7.98. The quantitative estimate of drug-likeness (QED) is 0.728. The van der Waals surface area contributed by atoms with E-state index in [0.29, 0.717) is 5.92 Å². The molecule has 1 nitrogen and oxygen atoms in total. The summed E-state index contributed by atoms with van der Waals surface area (Å²) in [6.07, 6.45) is 0. The SMILES string of the molecule is Cc1cc(C)c2c(c1)CSCC(C)C2N. The summed E-state index contributed by atoms with van der Waals surface area (Å²) in [4.78, 5) is 0. The Morgan fingerprint density at radius 2 is 2.07 bits per heavy atom. The Kier molecular flexibility index (Phi) is 3.08. The van der Waals surface area contributed by atoms with Gasteiger partial charge in [-0.05, 0) is 42.2 Å². The molecule has 2 heteroatoms. The molecule has 2 atom stereocenters. The summed E-state index contributed by atoms with van der Waals surface area (Å²) in [6.45, 7) is 6.61. The molecule has 0 fully saturated rings. The van der Waals surface area contributed by atoms with Crippen molar-refractivity contribution >= 4 is 11.8 Å². The minimum atomic E-state index is 0.218. The molecule has 82 valence electrons. The minimum Gasteiger partial charge on any atom is -0.324 e. The van der Waals surface area contributed by atoms with Crippen molar-refractivity contribution in [2.75, 3.05) is 5.75 Å². The van der Waals surface area contributed by atoms with Gasteiger partial charge in [0, 0.05) is 11.8 Å². The summed E-state index contributed by atoms with van der Waals surface area (Å²) in [7, 11) is 0. The van der Waals surface area contributed by atoms with Gasteiger partial charge in [0.05, 0.1) is 0 Å². The van der Waals surface area contributed by atoms with Gasteiger partial charge >= 0.3 is 0 Å². The lowest BCUT2D eigenvalue weighted by molar-refractivity contribution is 0.521. The smallest absolute Gasteiger partial charge is 0.0334 e. The topological polar surface area (TPSA) is 26.0 Å². The van der Waals surface area contributed by atoms with Crippen molar-refractivity contribution in [2.24, 2.45) is 11.7 Å². The average Bonchev–Trinajstić information content (AvgIpc) is 2.27. The van der Waals surface area contributed by atoms with Crippen LogP contribution in [0.25, 0.3) is 0 Å². The normalized spacial score (nSPS) is 25.9. The molecule has 1 heterocycles. The summed E-state index contributed by atoms with van der Waals surface area (Å²) >= 11 is 2.01. The Bertz CT molecular complexity index is 373. The predicted octanol–water partition coefficient (Wildman–Crippen LogP) is 3.19. The number of thioether (sulfide) groups is 1. The fourth-order valence-electron chi connectivity index (χ4n) is 2.41. The molecule has 1 aliphatic heterocycles. The summed E-state index contributed by atoms with van der Waals surface area (Å²) in [5.41, 5.74) is 11.9. The van der Waals surface area contributed by atoms with Crippen LogP contribution in [0.15, 0.2) is 12.1 Å². The molecule has 0 aliphatic carbocycles. The van der Waals surface area contributed by atoms with E-state index in [-0.39, 0.29) is 6.04 Å². The molecular weight excluding hydrogens is 202 g/mol. The first-order valence-electron chi connectivity index (χ1n) is 5.53. The molecule has 1 aromatic rings. The molecule has 0 radical (unpaired) electrons. The van der Waals surface area contributed by atoms with Crippen LogP contribution in [0.3, 0.4) is 0 Å². The van der Waals surface area contributed by atoms with Crippen molar-refractivity contribution in [2.45, 2.75) is 32.6 Å². The molecule has 1 aliphatic rings. The number of benzene rings is 1. The van der Waals surface area contributed by atoms with E-state index >= 15 is 0 Å². The van der Waals surface area contributed by atoms with Crippen molar-refractivity contribution in [3.63, 3.8) is 0 Å². The third kappa shape index (κ3) is 2.06. The van der Waals surface area contributed by atoms with Gasteiger partial charge in [0.1, 0.15) is 0 Å². The standard InChI is InChI=1S/C13H19NS/c1-8-4-9(2)12-11(5-8)7-15-6-10(3)13(12)14/h4-5,10,13H,6-7,14H2,1-3H3. The molecule has 2 unspecified atom stereocenters. The summed E-state index contributed by atoms with van der Waals surface area (Å²) in [5.74, 6) is 2.88. The molecule has 0 amide bonds. The highest BCUT2D eigenvalue weighted by Gasteiger charge is 2.23. The van der Waals surface area contributed by atoms with Crippen LogP contribution in [0.1, 0.15) is 35.2 Å². The molecule has 0 bridgehead atoms. The molecule has 0 spiro atoms. The van der Waals surface area contributed by atoms with E-state index < -0.39 is 0 Å². The highest BCUT2D eigenvalue weighted by atomic mass is 32.2. The summed E-state index contributed by atoms with van der Waals surface area (Å²) in [6, 6.07) is 4.77. The van der Waals surface area contributed by atoms with E-state index in [2.05, 4.69) is 32.9 Å². The summed E-state index contributed by atoms with van der Waals surface area (Å²) < 4.78 is 0. The molecule has 2 rings (SSSR count). The largest absolute Gasteiger partial charge is 0.324 e. The number of hydrogen-bond acceptors (Lipinski definition) is 2. The Labute approximate surface area is 96.4 Å². The predicted molar refractivity (Wildman–Crippen MR) is 68.2 cm³/mol. The van der Waals surface area contributed by atoms with Gasteiger partial charge in [0.15, 0.2) is 0 Å². The van der Waals surface area contributed by atoms with Gasteiger partial charge in [-0.15, -0.1) is 0 Å². The van der Waals surface area contributed by atoms with Crippen LogP contribution < -0.4 is 5.73 Å². The van der Waals surface area contributed by atoms with Crippen LogP contribution in [0, 0.1) is 19.8 Å². The molecule has 0 aromatic heterocycles. The van der Waals surface area contributed by atoms with Crippen LogP contribution in [-0.2, 0) is 5.75 Å². The average molecular weight is 221 g/mol. The Balaban J connectivity index is 2.53. The first kappa shape index (κ1) is 11.0. The Morgan fingerprint density at radius 1 is 1.33 bits per heavy atom. The van der Waals surface area contributed by atoms with E-state index in [1.165, 1.54) is 28.0 Å². The maximum Gasteiger partial charge on any atom is 0.0334 e. The van der Waals surface area contributed by atoms with Gasteiger partial charge in [0.25, 0.3) is 0 Å². The number of hydrogen-bond donors (Lipinski definition) is 1. The molecular formula is C13H19NS. The monoisotopic (exact) mass is 221 g/mol. The number of nitrogens with two attached hydrogens (primary N) is 1. The number of aryl methyl sites for hydroxylation is 2. The van der Waals surface area contributed by atoms with Crippen molar-refractivity contribution in [1.29, 1.82) is 0 Å². The minimum absolute atomic E-state index is 0.218. The van der Waals surface area contributed by atoms with Gasteiger partial charge < -0.3 is 5.73 Å². The molecule has 0 saturated heterocycles. The fraction of sp³-hybridized carbons (Fsp3) is 0.538. The van der Waals surface area contributed by atoms with E-state index in [1.807, 2.05) is 11.8 Å². The zero-order valence-corrected chi connectivity index (χ0v) is 10.5. The lowest BCUT2D eigenvalue weighted by atomic mass is 9.89. The van der Waals surface area contributed by atoms with Crippen molar-refractivity contribution in [3.8, 4) is 0 Å². The van der Waals surface area contributed by atoms with Crippen LogP contribution >= 0.6 is 11.8 Å². The maximum absolute atomic E-state index is 6.33. The third-order valence-electron chi connectivity index (χ3n) is 3.20. The van der Waals surface area contributed by atoms with Gasteiger partial charge in [-0.3, -0.25) is 0 Å². The molecule has 0 saturated carbocycles. The fourth-order valence-corrected chi connectivity index (χ4v) is 3.56.